The van der Waals surface area contributed by atoms with Crippen molar-refractivity contribution in [2.24, 2.45) is 4.99 Å². The lowest BCUT2D eigenvalue weighted by Crippen LogP contribution is -2.19. The molecular weight excluding hydrogens is 393 g/mol. The molecule has 1 amide bonds. The van der Waals surface area contributed by atoms with Crippen molar-refractivity contribution in [3.05, 3.63) is 62.4 Å². The Morgan fingerprint density at radius 3 is 2.69 bits per heavy atom. The number of nitriles is 1. The molecule has 0 radical (unpaired) electrons. The highest BCUT2D eigenvalue weighted by molar-refractivity contribution is 7.16. The van der Waals surface area contributed by atoms with E-state index in [9.17, 15) is 4.79 Å². The van der Waals surface area contributed by atoms with E-state index in [1.54, 1.807) is 43.5 Å². The zero-order valence-electron chi connectivity index (χ0n) is 13.7. The second-order valence-corrected chi connectivity index (χ2v) is 7.22. The second-order valence-electron chi connectivity index (χ2n) is 5.37. The maximum absolute atomic E-state index is 12.5. The first-order chi connectivity index (χ1) is 12.5. The van der Waals surface area contributed by atoms with Crippen molar-refractivity contribution in [3.63, 3.8) is 0 Å². The number of benzene rings is 2. The van der Waals surface area contributed by atoms with Crippen molar-refractivity contribution in [2.75, 3.05) is 13.7 Å². The van der Waals surface area contributed by atoms with Crippen molar-refractivity contribution in [1.29, 1.82) is 5.26 Å². The fourth-order valence-electron chi connectivity index (χ4n) is 2.44. The Balaban J connectivity index is 2.12. The number of fused-ring (bicyclic) bond motifs is 1. The van der Waals surface area contributed by atoms with Gasteiger partial charge in [0.2, 0.25) is 0 Å². The van der Waals surface area contributed by atoms with Crippen molar-refractivity contribution >= 4 is 50.7 Å². The van der Waals surface area contributed by atoms with Crippen molar-refractivity contribution in [1.82, 2.24) is 4.57 Å². The van der Waals surface area contributed by atoms with Crippen LogP contribution in [0.2, 0.25) is 10.0 Å². The SMILES string of the molecule is COCCn1c(=NC(=O)c2ccc(C#N)cc2)sc2cc(Cl)cc(Cl)c21. The zero-order chi connectivity index (χ0) is 18.7. The molecule has 1 heterocycles. The molecule has 0 aliphatic carbocycles. The van der Waals surface area contributed by atoms with Crippen molar-refractivity contribution in [3.8, 4) is 6.07 Å². The Morgan fingerprint density at radius 1 is 1.31 bits per heavy atom. The lowest BCUT2D eigenvalue weighted by Gasteiger charge is -2.06. The molecule has 132 valence electrons. The number of hydrogen-bond donors (Lipinski definition) is 0. The van der Waals surface area contributed by atoms with Crippen LogP contribution in [0.1, 0.15) is 15.9 Å². The Hall–Kier alpha value is -2.17. The number of ether oxygens (including phenoxy) is 1. The molecule has 0 aliphatic rings. The van der Waals surface area contributed by atoms with E-state index in [1.165, 1.54) is 11.3 Å². The first-order valence-corrected chi connectivity index (χ1v) is 9.17. The standard InChI is InChI=1S/C18H13Cl2N3O2S/c1-25-7-6-23-16-14(20)8-13(19)9-15(16)26-18(23)22-17(24)12-4-2-11(10-21)3-5-12/h2-5,8-9H,6-7H2,1H3. The molecule has 0 saturated carbocycles. The van der Waals surface area contributed by atoms with Gasteiger partial charge in [0.1, 0.15) is 0 Å². The van der Waals surface area contributed by atoms with Crippen LogP contribution in [0.3, 0.4) is 0 Å². The van der Waals surface area contributed by atoms with E-state index >= 15 is 0 Å². The molecule has 0 N–H and O–H groups in total. The third-order valence-electron chi connectivity index (χ3n) is 3.67. The van der Waals surface area contributed by atoms with Crippen molar-refractivity contribution < 1.29 is 9.53 Å². The average Bonchev–Trinajstić information content (AvgIpc) is 2.97. The van der Waals surface area contributed by atoms with Gasteiger partial charge in [-0.3, -0.25) is 4.79 Å². The van der Waals surface area contributed by atoms with Crippen LogP contribution in [0.25, 0.3) is 10.2 Å². The summed E-state index contributed by atoms with van der Waals surface area (Å²) in [5.74, 6) is -0.394. The van der Waals surface area contributed by atoms with Crippen LogP contribution in [-0.2, 0) is 11.3 Å². The fourth-order valence-corrected chi connectivity index (χ4v) is 4.28. The van der Waals surface area contributed by atoms with Gasteiger partial charge < -0.3 is 9.30 Å². The summed E-state index contributed by atoms with van der Waals surface area (Å²) in [6.45, 7) is 0.945. The molecule has 5 nitrogen and oxygen atoms in total. The number of rotatable bonds is 4. The quantitative estimate of drug-likeness (QED) is 0.650. The number of halogens is 2. The minimum atomic E-state index is -0.394. The van der Waals surface area contributed by atoms with Gasteiger partial charge in [0, 0.05) is 24.2 Å². The predicted octanol–water partition coefficient (Wildman–Crippen LogP) is 4.27. The van der Waals surface area contributed by atoms with Crippen LogP contribution in [0.4, 0.5) is 0 Å². The van der Waals surface area contributed by atoms with E-state index < -0.39 is 5.91 Å². The Bertz CT molecular complexity index is 1080. The summed E-state index contributed by atoms with van der Waals surface area (Å²) in [7, 11) is 1.60. The second kappa shape index (κ2) is 8.02. The smallest absolute Gasteiger partial charge is 0.279 e. The summed E-state index contributed by atoms with van der Waals surface area (Å²) in [4.78, 5) is 17.3. The monoisotopic (exact) mass is 405 g/mol. The molecule has 3 aromatic rings. The minimum absolute atomic E-state index is 0.394. The van der Waals surface area contributed by atoms with Gasteiger partial charge in [-0.05, 0) is 36.4 Å². The minimum Gasteiger partial charge on any atom is -0.383 e. The highest BCUT2D eigenvalue weighted by Crippen LogP contribution is 2.29. The van der Waals surface area contributed by atoms with Gasteiger partial charge in [0.05, 0.1) is 33.5 Å². The lowest BCUT2D eigenvalue weighted by molar-refractivity contribution is 0.0997. The van der Waals surface area contributed by atoms with Crippen molar-refractivity contribution in [2.45, 2.75) is 6.54 Å². The molecule has 0 atom stereocenters. The molecule has 0 aliphatic heterocycles. The predicted molar refractivity (Wildman–Crippen MR) is 103 cm³/mol. The molecule has 2 aromatic carbocycles. The molecule has 8 heteroatoms. The topological polar surface area (TPSA) is 67.4 Å². The number of nitrogens with zero attached hydrogens (tertiary/aromatic N) is 3. The van der Waals surface area contributed by atoms with Gasteiger partial charge in [0.25, 0.3) is 5.91 Å². The number of hydrogen-bond acceptors (Lipinski definition) is 4. The van der Waals surface area contributed by atoms with E-state index in [1.807, 2.05) is 10.6 Å². The van der Waals surface area contributed by atoms with Gasteiger partial charge >= 0.3 is 0 Å². The largest absolute Gasteiger partial charge is 0.383 e. The lowest BCUT2D eigenvalue weighted by atomic mass is 10.1. The number of aromatic nitrogens is 1. The number of methoxy groups -OCH3 is 1. The summed E-state index contributed by atoms with van der Waals surface area (Å²) in [6, 6.07) is 11.8. The Labute approximate surface area is 163 Å². The maximum atomic E-state index is 12.5. The summed E-state index contributed by atoms with van der Waals surface area (Å²) in [6.07, 6.45) is 0. The molecule has 26 heavy (non-hydrogen) atoms. The van der Waals surface area contributed by atoms with Gasteiger partial charge in [-0.15, -0.1) is 0 Å². The first-order valence-electron chi connectivity index (χ1n) is 7.60. The van der Waals surface area contributed by atoms with Crippen LogP contribution in [0.15, 0.2) is 41.4 Å². The fraction of sp³-hybridized carbons (Fsp3) is 0.167. The van der Waals surface area contributed by atoms with E-state index in [2.05, 4.69) is 4.99 Å². The van der Waals surface area contributed by atoms with Crippen LogP contribution in [-0.4, -0.2) is 24.2 Å². The van der Waals surface area contributed by atoms with Crippen LogP contribution >= 0.6 is 34.5 Å². The number of carbonyl (C=O) groups is 1. The molecule has 0 saturated heterocycles. The van der Waals surface area contributed by atoms with Crippen LogP contribution in [0.5, 0.6) is 0 Å². The Morgan fingerprint density at radius 2 is 2.04 bits per heavy atom. The van der Waals surface area contributed by atoms with E-state index in [0.29, 0.717) is 39.1 Å². The number of amides is 1. The summed E-state index contributed by atoms with van der Waals surface area (Å²) >= 11 is 13.8. The highest BCUT2D eigenvalue weighted by Gasteiger charge is 2.13. The van der Waals surface area contributed by atoms with Gasteiger partial charge in [-0.1, -0.05) is 34.5 Å². The zero-order valence-corrected chi connectivity index (χ0v) is 16.0. The van der Waals surface area contributed by atoms with E-state index in [-0.39, 0.29) is 0 Å². The van der Waals surface area contributed by atoms with Gasteiger partial charge in [-0.25, -0.2) is 0 Å². The molecule has 0 unspecified atom stereocenters. The van der Waals surface area contributed by atoms with E-state index in [0.717, 1.165) is 10.2 Å². The third-order valence-corrected chi connectivity index (χ3v) is 5.20. The third kappa shape index (κ3) is 3.81. The van der Waals surface area contributed by atoms with Gasteiger partial charge in [-0.2, -0.15) is 10.3 Å². The average molecular weight is 406 g/mol. The van der Waals surface area contributed by atoms with Crippen LogP contribution < -0.4 is 4.80 Å². The molecule has 3 rings (SSSR count). The molecular formula is C18H13Cl2N3O2S. The number of thiazole rings is 1. The summed E-state index contributed by atoms with van der Waals surface area (Å²) in [5.41, 5.74) is 1.66. The summed E-state index contributed by atoms with van der Waals surface area (Å²) in [5, 5.41) is 9.87. The first kappa shape index (κ1) is 18.6. The van der Waals surface area contributed by atoms with Crippen LogP contribution in [0, 0.1) is 11.3 Å². The molecule has 0 bridgehead atoms. The van der Waals surface area contributed by atoms with E-state index in [4.69, 9.17) is 33.2 Å². The van der Waals surface area contributed by atoms with Gasteiger partial charge in [0.15, 0.2) is 4.80 Å². The maximum Gasteiger partial charge on any atom is 0.279 e. The highest BCUT2D eigenvalue weighted by atomic mass is 35.5. The Kier molecular flexibility index (Phi) is 5.74. The molecule has 1 aromatic heterocycles. The molecule has 0 spiro atoms. The normalized spacial score (nSPS) is 11.7. The number of carbonyl (C=O) groups excluding carboxylic acids is 1. The summed E-state index contributed by atoms with van der Waals surface area (Å²) < 4.78 is 7.84. The molecule has 0 fully saturated rings.